The summed E-state index contributed by atoms with van der Waals surface area (Å²) in [7, 11) is 1.42. The van der Waals surface area contributed by atoms with Crippen molar-refractivity contribution in [2.45, 2.75) is 25.5 Å². The van der Waals surface area contributed by atoms with E-state index >= 15 is 0 Å². The van der Waals surface area contributed by atoms with Gasteiger partial charge in [-0.2, -0.15) is 31.4 Å². The van der Waals surface area contributed by atoms with Crippen LogP contribution in [0.1, 0.15) is 16.4 Å². The largest absolute Gasteiger partial charge is 0.435 e. The van der Waals surface area contributed by atoms with Gasteiger partial charge >= 0.3 is 12.4 Å². The van der Waals surface area contributed by atoms with Crippen molar-refractivity contribution in [3.8, 4) is 0 Å². The third-order valence-electron chi connectivity index (χ3n) is 2.74. The highest BCUT2D eigenvalue weighted by atomic mass is 32.1. The number of halogens is 6. The SMILES string of the molecule is COCc1nn2c(CNCC=CC(F)(F)F)c(C(F)(F)F)nc2s1. The highest BCUT2D eigenvalue weighted by molar-refractivity contribution is 7.16. The molecule has 0 aliphatic heterocycles. The van der Waals surface area contributed by atoms with Gasteiger partial charge in [0, 0.05) is 26.3 Å². The monoisotopic (exact) mass is 374 g/mol. The van der Waals surface area contributed by atoms with E-state index in [1.54, 1.807) is 0 Å². The van der Waals surface area contributed by atoms with Crippen LogP contribution in [0, 0.1) is 0 Å². The normalized spacial score (nSPS) is 13.5. The Labute approximate surface area is 135 Å². The molecule has 0 aliphatic carbocycles. The average molecular weight is 374 g/mol. The van der Waals surface area contributed by atoms with Gasteiger partial charge in [0.2, 0.25) is 4.96 Å². The summed E-state index contributed by atoms with van der Waals surface area (Å²) in [5, 5.41) is 6.91. The molecule has 2 heterocycles. The molecule has 5 nitrogen and oxygen atoms in total. The maximum absolute atomic E-state index is 13.0. The molecule has 0 fully saturated rings. The Morgan fingerprint density at radius 1 is 1.25 bits per heavy atom. The van der Waals surface area contributed by atoms with Crippen LogP contribution in [0.5, 0.6) is 0 Å². The molecule has 24 heavy (non-hydrogen) atoms. The van der Waals surface area contributed by atoms with Crippen LogP contribution in [0.4, 0.5) is 26.3 Å². The van der Waals surface area contributed by atoms with E-state index in [1.807, 2.05) is 0 Å². The second kappa shape index (κ2) is 7.07. The summed E-state index contributed by atoms with van der Waals surface area (Å²) in [6.45, 7) is -0.468. The zero-order valence-corrected chi connectivity index (χ0v) is 13.0. The number of hydrogen-bond donors (Lipinski definition) is 1. The molecule has 0 saturated carbocycles. The first-order chi connectivity index (χ1) is 11.1. The molecule has 12 heteroatoms. The van der Waals surface area contributed by atoms with Crippen molar-refractivity contribution in [2.75, 3.05) is 13.7 Å². The molecular weight excluding hydrogens is 362 g/mol. The Bertz CT molecular complexity index is 717. The maximum atomic E-state index is 13.0. The molecule has 0 radical (unpaired) electrons. The summed E-state index contributed by atoms with van der Waals surface area (Å²) in [5.41, 5.74) is -1.38. The number of allylic oxidation sites excluding steroid dienone is 1. The summed E-state index contributed by atoms with van der Waals surface area (Å²) < 4.78 is 80.9. The Morgan fingerprint density at radius 3 is 2.54 bits per heavy atom. The molecule has 0 aliphatic rings. The lowest BCUT2D eigenvalue weighted by molar-refractivity contribution is -0.141. The first-order valence-corrected chi connectivity index (χ1v) is 7.32. The third-order valence-corrected chi connectivity index (χ3v) is 3.62. The van der Waals surface area contributed by atoms with Gasteiger partial charge in [-0.25, -0.2) is 9.50 Å². The summed E-state index contributed by atoms with van der Waals surface area (Å²) in [6, 6.07) is 0. The third kappa shape index (κ3) is 4.68. The lowest BCUT2D eigenvalue weighted by Gasteiger charge is -2.07. The van der Waals surface area contributed by atoms with Crippen molar-refractivity contribution in [1.29, 1.82) is 0 Å². The molecule has 0 bridgehead atoms. The van der Waals surface area contributed by atoms with E-state index in [2.05, 4.69) is 15.4 Å². The minimum absolute atomic E-state index is 0.0101. The molecule has 2 aromatic heterocycles. The fourth-order valence-corrected chi connectivity index (χ4v) is 2.75. The quantitative estimate of drug-likeness (QED) is 0.480. The highest BCUT2D eigenvalue weighted by Crippen LogP contribution is 2.33. The minimum Gasteiger partial charge on any atom is -0.377 e. The van der Waals surface area contributed by atoms with Gasteiger partial charge in [-0.1, -0.05) is 17.4 Å². The molecule has 0 saturated heterocycles. The van der Waals surface area contributed by atoms with Crippen LogP contribution in [0.25, 0.3) is 4.96 Å². The zero-order valence-electron chi connectivity index (χ0n) is 12.2. The van der Waals surface area contributed by atoms with Crippen LogP contribution >= 0.6 is 11.3 Å². The molecule has 0 spiro atoms. The summed E-state index contributed by atoms with van der Waals surface area (Å²) in [6.07, 6.45) is -8.36. The standard InChI is InChI=1S/C12H12F6N4OS/c1-23-6-8-21-22-7(5-19-4-2-3-11(13,14)15)9(12(16,17)18)20-10(22)24-8/h2-3,19H,4-6H2,1H3. The number of fused-ring (bicyclic) bond motifs is 1. The van der Waals surface area contributed by atoms with Crippen molar-refractivity contribution in [3.05, 3.63) is 28.5 Å². The topological polar surface area (TPSA) is 51.5 Å². The van der Waals surface area contributed by atoms with E-state index in [0.717, 1.165) is 21.9 Å². The number of imidazole rings is 1. The Morgan fingerprint density at radius 2 is 1.96 bits per heavy atom. The van der Waals surface area contributed by atoms with Crippen LogP contribution < -0.4 is 5.32 Å². The van der Waals surface area contributed by atoms with Gasteiger partial charge in [-0.15, -0.1) is 0 Å². The molecule has 0 aromatic carbocycles. The van der Waals surface area contributed by atoms with E-state index < -0.39 is 18.0 Å². The lowest BCUT2D eigenvalue weighted by Crippen LogP contribution is -2.19. The smallest absolute Gasteiger partial charge is 0.377 e. The Kier molecular flexibility index (Phi) is 5.50. The summed E-state index contributed by atoms with van der Waals surface area (Å²) in [5.74, 6) is 0. The predicted molar refractivity (Wildman–Crippen MR) is 73.5 cm³/mol. The van der Waals surface area contributed by atoms with E-state index in [4.69, 9.17) is 4.74 Å². The molecule has 2 rings (SSSR count). The molecular formula is C12H12F6N4OS. The number of alkyl halides is 6. The number of methoxy groups -OCH3 is 1. The van der Waals surface area contributed by atoms with Crippen LogP contribution in [0.2, 0.25) is 0 Å². The fourth-order valence-electron chi connectivity index (χ4n) is 1.86. The second-order valence-corrected chi connectivity index (χ2v) is 5.64. The van der Waals surface area contributed by atoms with Gasteiger partial charge in [0.15, 0.2) is 5.69 Å². The van der Waals surface area contributed by atoms with E-state index in [0.29, 0.717) is 5.01 Å². The van der Waals surface area contributed by atoms with Gasteiger partial charge in [-0.05, 0) is 0 Å². The lowest BCUT2D eigenvalue weighted by atomic mass is 10.3. The van der Waals surface area contributed by atoms with Crippen molar-refractivity contribution in [3.63, 3.8) is 0 Å². The summed E-state index contributed by atoms with van der Waals surface area (Å²) in [4.78, 5) is 3.56. The number of aromatic nitrogens is 3. The first kappa shape index (κ1) is 18.7. The number of rotatable bonds is 6. The first-order valence-electron chi connectivity index (χ1n) is 6.50. The van der Waals surface area contributed by atoms with E-state index in [1.165, 1.54) is 7.11 Å². The zero-order chi connectivity index (χ0) is 18.0. The molecule has 0 atom stereocenters. The van der Waals surface area contributed by atoms with Crippen molar-refractivity contribution in [2.24, 2.45) is 0 Å². The average Bonchev–Trinajstić information content (AvgIpc) is 2.95. The van der Waals surface area contributed by atoms with Gasteiger partial charge in [-0.3, -0.25) is 0 Å². The van der Waals surface area contributed by atoms with Crippen molar-refractivity contribution in [1.82, 2.24) is 19.9 Å². The van der Waals surface area contributed by atoms with Crippen LogP contribution in [-0.4, -0.2) is 34.4 Å². The molecule has 0 amide bonds. The predicted octanol–water partition coefficient (Wildman–Crippen LogP) is 3.16. The maximum Gasteiger partial charge on any atom is 0.435 e. The van der Waals surface area contributed by atoms with Gasteiger partial charge in [0.1, 0.15) is 5.01 Å². The number of nitrogens with zero attached hydrogens (tertiary/aromatic N) is 3. The minimum atomic E-state index is -4.69. The fraction of sp³-hybridized carbons (Fsp3) is 0.500. The van der Waals surface area contributed by atoms with Gasteiger partial charge in [0.05, 0.1) is 12.3 Å². The van der Waals surface area contributed by atoms with Crippen LogP contribution in [0.3, 0.4) is 0 Å². The number of hydrogen-bond acceptors (Lipinski definition) is 5. The Balaban J connectivity index is 2.20. The van der Waals surface area contributed by atoms with E-state index in [9.17, 15) is 26.3 Å². The van der Waals surface area contributed by atoms with Gasteiger partial charge < -0.3 is 10.1 Å². The van der Waals surface area contributed by atoms with Crippen molar-refractivity contribution >= 4 is 16.3 Å². The number of nitrogens with one attached hydrogen (secondary N) is 1. The van der Waals surface area contributed by atoms with Crippen LogP contribution in [0.15, 0.2) is 12.2 Å². The molecule has 0 unspecified atom stereocenters. The van der Waals surface area contributed by atoms with Gasteiger partial charge in [0.25, 0.3) is 0 Å². The summed E-state index contributed by atoms with van der Waals surface area (Å²) >= 11 is 0.945. The van der Waals surface area contributed by atoms with E-state index in [-0.39, 0.29) is 36.4 Å². The van der Waals surface area contributed by atoms with Crippen LogP contribution in [-0.2, 0) is 24.1 Å². The highest BCUT2D eigenvalue weighted by Gasteiger charge is 2.38. The molecule has 2 aromatic rings. The van der Waals surface area contributed by atoms with Crippen molar-refractivity contribution < 1.29 is 31.1 Å². The number of ether oxygens (including phenoxy) is 1. The molecule has 134 valence electrons. The Hall–Kier alpha value is -1.66. The molecule has 1 N–H and O–H groups in total. The second-order valence-electron chi connectivity index (χ2n) is 4.60.